The highest BCUT2D eigenvalue weighted by Gasteiger charge is 2.10. The first-order chi connectivity index (χ1) is 6.68. The van der Waals surface area contributed by atoms with Crippen molar-refractivity contribution in [2.75, 3.05) is 5.73 Å². The number of nitrogen functional groups attached to an aromatic ring is 1. The van der Waals surface area contributed by atoms with Gasteiger partial charge in [0, 0.05) is 12.4 Å². The smallest absolute Gasteiger partial charge is 0.240 e. The van der Waals surface area contributed by atoms with E-state index in [0.29, 0.717) is 10.6 Å². The van der Waals surface area contributed by atoms with Gasteiger partial charge in [-0.05, 0) is 22.9 Å². The van der Waals surface area contributed by atoms with Crippen LogP contribution in [0.2, 0.25) is 0 Å². The van der Waals surface area contributed by atoms with E-state index in [1.807, 2.05) is 6.92 Å². The Morgan fingerprint density at radius 3 is 2.64 bits per heavy atom. The molecule has 0 aliphatic rings. The minimum absolute atomic E-state index is 0.196. The Bertz CT molecular complexity index is 465. The van der Waals surface area contributed by atoms with E-state index >= 15 is 0 Å². The second-order valence-corrected chi connectivity index (χ2v) is 3.33. The molecular weight excluding hydrogens is 248 g/mol. The monoisotopic (exact) mass is 254 g/mol. The molecule has 0 unspecified atom stereocenters. The lowest BCUT2D eigenvalue weighted by Gasteiger charge is -2.02. The zero-order valence-corrected chi connectivity index (χ0v) is 8.93. The highest BCUT2D eigenvalue weighted by Crippen LogP contribution is 2.14. The van der Waals surface area contributed by atoms with Crippen LogP contribution < -0.4 is 5.73 Å². The molecule has 0 saturated heterocycles. The number of aromatic nitrogens is 5. The van der Waals surface area contributed by atoms with Crippen molar-refractivity contribution >= 4 is 21.9 Å². The van der Waals surface area contributed by atoms with Gasteiger partial charge in [-0.15, -0.1) is 5.10 Å². The summed E-state index contributed by atoms with van der Waals surface area (Å²) in [4.78, 5) is 12.1. The Balaban J connectivity index is 2.60. The summed E-state index contributed by atoms with van der Waals surface area (Å²) in [5.41, 5.74) is 6.21. The Morgan fingerprint density at radius 1 is 1.36 bits per heavy atom. The summed E-state index contributed by atoms with van der Waals surface area (Å²) in [5.74, 6) is 0.811. The lowest BCUT2D eigenvalue weighted by molar-refractivity contribution is 0.807. The highest BCUT2D eigenvalue weighted by atomic mass is 79.9. The van der Waals surface area contributed by atoms with Crippen LogP contribution >= 0.6 is 15.9 Å². The molecule has 2 heterocycles. The van der Waals surface area contributed by atoms with Gasteiger partial charge in [0.2, 0.25) is 10.7 Å². The number of hydrogen-bond donors (Lipinski definition) is 1. The molecule has 0 fully saturated rings. The van der Waals surface area contributed by atoms with Crippen molar-refractivity contribution in [2.45, 2.75) is 6.92 Å². The van der Waals surface area contributed by atoms with Crippen LogP contribution in [0.15, 0.2) is 17.1 Å². The molecule has 6 nitrogen and oxygen atoms in total. The summed E-state index contributed by atoms with van der Waals surface area (Å²) in [6.45, 7) is 1.84. The van der Waals surface area contributed by atoms with E-state index in [4.69, 9.17) is 5.73 Å². The number of aryl methyl sites for hydroxylation is 1. The van der Waals surface area contributed by atoms with Crippen molar-refractivity contribution in [3.8, 4) is 5.82 Å². The Kier molecular flexibility index (Phi) is 2.16. The number of rotatable bonds is 1. The van der Waals surface area contributed by atoms with Crippen LogP contribution in [0.25, 0.3) is 5.82 Å². The van der Waals surface area contributed by atoms with Gasteiger partial charge in [-0.25, -0.2) is 4.98 Å². The first kappa shape index (κ1) is 9.07. The molecule has 14 heavy (non-hydrogen) atoms. The fourth-order valence-electron chi connectivity index (χ4n) is 1.05. The van der Waals surface area contributed by atoms with Gasteiger partial charge in [-0.1, -0.05) is 0 Å². The molecule has 7 heteroatoms. The molecule has 0 radical (unpaired) electrons. The van der Waals surface area contributed by atoms with Crippen LogP contribution in [-0.4, -0.2) is 24.7 Å². The van der Waals surface area contributed by atoms with Crippen molar-refractivity contribution in [3.05, 3.63) is 22.8 Å². The van der Waals surface area contributed by atoms with Gasteiger partial charge >= 0.3 is 0 Å². The van der Waals surface area contributed by atoms with Crippen molar-refractivity contribution in [1.82, 2.24) is 24.7 Å². The third-order valence-corrected chi connectivity index (χ3v) is 2.15. The van der Waals surface area contributed by atoms with E-state index in [0.717, 1.165) is 5.69 Å². The van der Waals surface area contributed by atoms with Crippen LogP contribution in [-0.2, 0) is 0 Å². The molecule has 2 rings (SSSR count). The third-order valence-electron chi connectivity index (χ3n) is 1.64. The van der Waals surface area contributed by atoms with E-state index in [9.17, 15) is 0 Å². The zero-order valence-electron chi connectivity index (χ0n) is 7.35. The average Bonchev–Trinajstić information content (AvgIpc) is 2.46. The van der Waals surface area contributed by atoms with Gasteiger partial charge in [0.25, 0.3) is 0 Å². The van der Waals surface area contributed by atoms with Gasteiger partial charge in [-0.3, -0.25) is 4.98 Å². The van der Waals surface area contributed by atoms with Gasteiger partial charge in [-0.2, -0.15) is 9.67 Å². The summed E-state index contributed by atoms with van der Waals surface area (Å²) in [7, 11) is 0. The lowest BCUT2D eigenvalue weighted by atomic mass is 10.4. The molecule has 2 N–H and O–H groups in total. The molecule has 2 aromatic rings. The highest BCUT2D eigenvalue weighted by molar-refractivity contribution is 9.10. The summed E-state index contributed by atoms with van der Waals surface area (Å²) in [5, 5.41) is 3.98. The van der Waals surface area contributed by atoms with E-state index in [2.05, 4.69) is 36.0 Å². The maximum atomic E-state index is 5.45. The minimum atomic E-state index is 0.196. The molecule has 0 amide bonds. The molecule has 0 aromatic carbocycles. The van der Waals surface area contributed by atoms with Crippen molar-refractivity contribution in [1.29, 1.82) is 0 Å². The number of anilines is 1. The van der Waals surface area contributed by atoms with Crippen molar-refractivity contribution in [2.24, 2.45) is 0 Å². The van der Waals surface area contributed by atoms with E-state index in [1.165, 1.54) is 4.68 Å². The molecule has 0 aliphatic carbocycles. The summed E-state index contributed by atoms with van der Waals surface area (Å²) < 4.78 is 2.01. The Labute approximate surface area is 88.3 Å². The Hall–Kier alpha value is -1.50. The normalized spacial score (nSPS) is 10.4. The van der Waals surface area contributed by atoms with E-state index in [-0.39, 0.29) is 5.95 Å². The van der Waals surface area contributed by atoms with E-state index < -0.39 is 0 Å². The standard InChI is InChI=1S/C7H7BrN6/c1-4-5(11-3-2-10-4)14-6(8)12-7(9)13-14/h2-3H,1H3,(H2,9,13). The molecule has 0 atom stereocenters. The van der Waals surface area contributed by atoms with Crippen LogP contribution in [0.3, 0.4) is 0 Å². The second kappa shape index (κ2) is 3.33. The fourth-order valence-corrected chi connectivity index (χ4v) is 1.48. The zero-order chi connectivity index (χ0) is 10.1. The molecule has 2 aromatic heterocycles. The predicted molar refractivity (Wildman–Crippen MR) is 53.8 cm³/mol. The maximum absolute atomic E-state index is 5.45. The van der Waals surface area contributed by atoms with Crippen LogP contribution in [0.1, 0.15) is 5.69 Å². The third kappa shape index (κ3) is 1.46. The fraction of sp³-hybridized carbons (Fsp3) is 0.143. The molecule has 72 valence electrons. The van der Waals surface area contributed by atoms with Crippen LogP contribution in [0.5, 0.6) is 0 Å². The number of nitrogens with zero attached hydrogens (tertiary/aromatic N) is 5. The largest absolute Gasteiger partial charge is 0.366 e. The van der Waals surface area contributed by atoms with E-state index in [1.54, 1.807) is 12.4 Å². The summed E-state index contributed by atoms with van der Waals surface area (Å²) in [6.07, 6.45) is 3.21. The molecule has 0 bridgehead atoms. The maximum Gasteiger partial charge on any atom is 0.240 e. The number of hydrogen-bond acceptors (Lipinski definition) is 5. The number of nitrogens with two attached hydrogens (primary N) is 1. The SMILES string of the molecule is Cc1nccnc1-n1nc(N)nc1Br. The minimum Gasteiger partial charge on any atom is -0.366 e. The Morgan fingerprint density at radius 2 is 2.07 bits per heavy atom. The topological polar surface area (TPSA) is 82.5 Å². The number of halogens is 1. The predicted octanol–water partition coefficient (Wildman–Crippen LogP) is 0.710. The van der Waals surface area contributed by atoms with Gasteiger partial charge in [0.15, 0.2) is 5.82 Å². The first-order valence-electron chi connectivity index (χ1n) is 3.84. The van der Waals surface area contributed by atoms with Crippen molar-refractivity contribution in [3.63, 3.8) is 0 Å². The molecule has 0 aliphatic heterocycles. The van der Waals surface area contributed by atoms with Gasteiger partial charge in [0.1, 0.15) is 0 Å². The van der Waals surface area contributed by atoms with Gasteiger partial charge < -0.3 is 5.73 Å². The molecule has 0 spiro atoms. The van der Waals surface area contributed by atoms with Crippen LogP contribution in [0.4, 0.5) is 5.95 Å². The van der Waals surface area contributed by atoms with Crippen LogP contribution in [0, 0.1) is 6.92 Å². The average molecular weight is 255 g/mol. The van der Waals surface area contributed by atoms with Crippen molar-refractivity contribution < 1.29 is 0 Å². The molecular formula is C7H7BrN6. The lowest BCUT2D eigenvalue weighted by Crippen LogP contribution is -2.04. The summed E-state index contributed by atoms with van der Waals surface area (Å²) >= 11 is 3.23. The second-order valence-electron chi connectivity index (χ2n) is 2.62. The quantitative estimate of drug-likeness (QED) is 0.811. The summed E-state index contributed by atoms with van der Waals surface area (Å²) in [6, 6.07) is 0. The van der Waals surface area contributed by atoms with Gasteiger partial charge in [0.05, 0.1) is 5.69 Å². The molecule has 0 saturated carbocycles. The first-order valence-corrected chi connectivity index (χ1v) is 4.64.